The molecule has 0 spiro atoms. The minimum atomic E-state index is 0.746. The quantitative estimate of drug-likeness (QED) is 0.737. The molecular formula is C17H18ClNO. The average molecular weight is 288 g/mol. The van der Waals surface area contributed by atoms with Crippen molar-refractivity contribution < 1.29 is 4.42 Å². The monoisotopic (exact) mass is 287 g/mol. The molecule has 0 amide bonds. The topological polar surface area (TPSA) is 25.2 Å². The molecule has 2 aromatic carbocycles. The second kappa shape index (κ2) is 5.47. The molecule has 1 N–H and O–H groups in total. The molecule has 2 nitrogen and oxygen atoms in total. The Balaban J connectivity index is 2.38. The highest BCUT2D eigenvalue weighted by Gasteiger charge is 2.16. The predicted octanol–water partition coefficient (Wildman–Crippen LogP) is 4.91. The van der Waals surface area contributed by atoms with E-state index < -0.39 is 0 Å². The number of rotatable bonds is 4. The van der Waals surface area contributed by atoms with Crippen LogP contribution < -0.4 is 5.32 Å². The van der Waals surface area contributed by atoms with Crippen LogP contribution in [0.1, 0.15) is 24.7 Å². The number of benzene rings is 2. The highest BCUT2D eigenvalue weighted by molar-refractivity contribution is 6.37. The van der Waals surface area contributed by atoms with Crippen LogP contribution in [0.5, 0.6) is 0 Å². The fourth-order valence-electron chi connectivity index (χ4n) is 2.80. The first-order chi connectivity index (χ1) is 9.76. The van der Waals surface area contributed by atoms with Gasteiger partial charge in [0, 0.05) is 26.7 Å². The Morgan fingerprint density at radius 1 is 1.15 bits per heavy atom. The van der Waals surface area contributed by atoms with Crippen LogP contribution >= 0.6 is 11.6 Å². The lowest BCUT2D eigenvalue weighted by Gasteiger charge is -2.02. The molecule has 0 aliphatic rings. The second-order valence-electron chi connectivity index (χ2n) is 5.06. The Kier molecular flexibility index (Phi) is 3.68. The van der Waals surface area contributed by atoms with Crippen molar-refractivity contribution in [2.24, 2.45) is 0 Å². The maximum Gasteiger partial charge on any atom is 0.142 e. The molecule has 0 radical (unpaired) electrons. The lowest BCUT2D eigenvalue weighted by atomic mass is 10.0. The van der Waals surface area contributed by atoms with Crippen LogP contribution in [0, 0.1) is 0 Å². The molecule has 1 heterocycles. The molecule has 0 unspecified atom stereocenters. The van der Waals surface area contributed by atoms with Crippen molar-refractivity contribution in [1.29, 1.82) is 0 Å². The summed E-state index contributed by atoms with van der Waals surface area (Å²) < 4.78 is 6.14. The van der Waals surface area contributed by atoms with Gasteiger partial charge in [0.05, 0.1) is 6.54 Å². The van der Waals surface area contributed by atoms with Gasteiger partial charge in [0.1, 0.15) is 11.3 Å². The standard InChI is InChI=1S/C17H18ClNO/c1-3-6-12-14-9-15(18)11-7-4-5-8-13(11)17(14)20-16(12)10-19-2/h4-5,7-9,19H,3,6,10H2,1-2H3. The fraction of sp³-hybridized carbons (Fsp3) is 0.294. The molecule has 0 fully saturated rings. The van der Waals surface area contributed by atoms with Crippen molar-refractivity contribution in [3.05, 3.63) is 46.7 Å². The van der Waals surface area contributed by atoms with Crippen molar-refractivity contribution in [1.82, 2.24) is 5.32 Å². The molecule has 0 atom stereocenters. The molecule has 1 aromatic heterocycles. The molecule has 20 heavy (non-hydrogen) atoms. The van der Waals surface area contributed by atoms with Gasteiger partial charge in [-0.2, -0.15) is 0 Å². The maximum absolute atomic E-state index is 6.44. The van der Waals surface area contributed by atoms with Crippen LogP contribution in [0.25, 0.3) is 21.7 Å². The van der Waals surface area contributed by atoms with Crippen LogP contribution in [0.4, 0.5) is 0 Å². The van der Waals surface area contributed by atoms with Crippen LogP contribution in [-0.2, 0) is 13.0 Å². The van der Waals surface area contributed by atoms with Gasteiger partial charge in [0.25, 0.3) is 0 Å². The van der Waals surface area contributed by atoms with E-state index in [-0.39, 0.29) is 0 Å². The molecule has 3 aromatic rings. The number of furan rings is 1. The average Bonchev–Trinajstić information content (AvgIpc) is 2.79. The van der Waals surface area contributed by atoms with Gasteiger partial charge in [0.15, 0.2) is 0 Å². The Bertz CT molecular complexity index is 760. The highest BCUT2D eigenvalue weighted by atomic mass is 35.5. The Morgan fingerprint density at radius 2 is 1.90 bits per heavy atom. The molecule has 0 aliphatic carbocycles. The summed E-state index contributed by atoms with van der Waals surface area (Å²) in [4.78, 5) is 0. The van der Waals surface area contributed by atoms with E-state index in [1.165, 1.54) is 5.56 Å². The van der Waals surface area contributed by atoms with Gasteiger partial charge < -0.3 is 9.73 Å². The molecule has 0 saturated heterocycles. The SMILES string of the molecule is CCCc1c(CNC)oc2c1cc(Cl)c1ccccc12. The van der Waals surface area contributed by atoms with E-state index in [2.05, 4.69) is 18.3 Å². The summed E-state index contributed by atoms with van der Waals surface area (Å²) in [7, 11) is 1.94. The van der Waals surface area contributed by atoms with E-state index in [4.69, 9.17) is 16.0 Å². The minimum Gasteiger partial charge on any atom is -0.459 e. The van der Waals surface area contributed by atoms with Crippen molar-refractivity contribution in [2.45, 2.75) is 26.3 Å². The Labute approximate surface area is 123 Å². The first-order valence-corrected chi connectivity index (χ1v) is 7.40. The van der Waals surface area contributed by atoms with Crippen LogP contribution in [0.2, 0.25) is 5.02 Å². The third-order valence-electron chi connectivity index (χ3n) is 3.67. The molecule has 0 saturated carbocycles. The number of halogens is 1. The zero-order valence-corrected chi connectivity index (χ0v) is 12.6. The van der Waals surface area contributed by atoms with E-state index in [9.17, 15) is 0 Å². The number of fused-ring (bicyclic) bond motifs is 3. The van der Waals surface area contributed by atoms with Gasteiger partial charge in [-0.3, -0.25) is 0 Å². The highest BCUT2D eigenvalue weighted by Crippen LogP contribution is 2.36. The van der Waals surface area contributed by atoms with Gasteiger partial charge in [0.2, 0.25) is 0 Å². The van der Waals surface area contributed by atoms with Crippen molar-refractivity contribution >= 4 is 33.3 Å². The third-order valence-corrected chi connectivity index (χ3v) is 3.98. The lowest BCUT2D eigenvalue weighted by Crippen LogP contribution is -2.05. The lowest BCUT2D eigenvalue weighted by molar-refractivity contribution is 0.525. The minimum absolute atomic E-state index is 0.746. The Morgan fingerprint density at radius 3 is 2.60 bits per heavy atom. The van der Waals surface area contributed by atoms with Crippen LogP contribution in [-0.4, -0.2) is 7.05 Å². The largest absolute Gasteiger partial charge is 0.459 e. The van der Waals surface area contributed by atoms with E-state index in [1.807, 2.05) is 31.3 Å². The smallest absolute Gasteiger partial charge is 0.142 e. The Hall–Kier alpha value is -1.51. The number of hydrogen-bond donors (Lipinski definition) is 1. The van der Waals surface area contributed by atoms with Gasteiger partial charge in [-0.05, 0) is 19.5 Å². The van der Waals surface area contributed by atoms with Crippen molar-refractivity contribution in [2.75, 3.05) is 7.05 Å². The van der Waals surface area contributed by atoms with E-state index >= 15 is 0 Å². The summed E-state index contributed by atoms with van der Waals surface area (Å²) >= 11 is 6.44. The zero-order chi connectivity index (χ0) is 14.1. The predicted molar refractivity (Wildman–Crippen MR) is 85.5 cm³/mol. The summed E-state index contributed by atoms with van der Waals surface area (Å²) in [6, 6.07) is 10.2. The van der Waals surface area contributed by atoms with Crippen LogP contribution in [0.15, 0.2) is 34.7 Å². The number of aryl methyl sites for hydroxylation is 1. The first kappa shape index (κ1) is 13.5. The maximum atomic E-state index is 6.44. The van der Waals surface area contributed by atoms with E-state index in [1.54, 1.807) is 0 Å². The molecule has 104 valence electrons. The summed E-state index contributed by atoms with van der Waals surface area (Å²) in [5.74, 6) is 1.02. The number of nitrogens with one attached hydrogen (secondary N) is 1. The van der Waals surface area contributed by atoms with Crippen LogP contribution in [0.3, 0.4) is 0 Å². The van der Waals surface area contributed by atoms with Gasteiger partial charge >= 0.3 is 0 Å². The molecule has 0 bridgehead atoms. The third kappa shape index (κ3) is 2.09. The summed E-state index contributed by atoms with van der Waals surface area (Å²) in [6.45, 7) is 2.93. The van der Waals surface area contributed by atoms with E-state index in [0.717, 1.165) is 51.9 Å². The summed E-state index contributed by atoms with van der Waals surface area (Å²) in [5.41, 5.74) is 2.24. The number of hydrogen-bond acceptors (Lipinski definition) is 2. The van der Waals surface area contributed by atoms with Gasteiger partial charge in [-0.15, -0.1) is 0 Å². The van der Waals surface area contributed by atoms with E-state index in [0.29, 0.717) is 0 Å². The molecule has 3 rings (SSSR count). The van der Waals surface area contributed by atoms with Crippen molar-refractivity contribution in [3.8, 4) is 0 Å². The zero-order valence-electron chi connectivity index (χ0n) is 11.8. The molecular weight excluding hydrogens is 270 g/mol. The fourth-order valence-corrected chi connectivity index (χ4v) is 3.07. The summed E-state index contributed by atoms with van der Waals surface area (Å²) in [6.07, 6.45) is 2.11. The first-order valence-electron chi connectivity index (χ1n) is 7.02. The molecule has 0 aliphatic heterocycles. The van der Waals surface area contributed by atoms with Gasteiger partial charge in [-0.1, -0.05) is 49.2 Å². The molecule has 3 heteroatoms. The normalized spacial score (nSPS) is 11.6. The van der Waals surface area contributed by atoms with Gasteiger partial charge in [-0.25, -0.2) is 0 Å². The van der Waals surface area contributed by atoms with Crippen molar-refractivity contribution in [3.63, 3.8) is 0 Å². The second-order valence-corrected chi connectivity index (χ2v) is 5.47. The summed E-state index contributed by atoms with van der Waals surface area (Å²) in [5, 5.41) is 7.27.